The molecule has 0 heterocycles. The van der Waals surface area contributed by atoms with Crippen LogP contribution in [0.25, 0.3) is 0 Å². The van der Waals surface area contributed by atoms with Gasteiger partial charge in [-0.3, -0.25) is 0 Å². The summed E-state index contributed by atoms with van der Waals surface area (Å²) in [6.07, 6.45) is 3.03. The molecule has 1 N–H and O–H groups in total. The standard InChI is InChI=1S/C18H19F2N/c19-16-6-4-14(5-7-16)15-11-18(12-15)21-9-8-13-2-1-3-17(20)10-13/h1-7,10,15,18,21H,8-9,11-12H2. The van der Waals surface area contributed by atoms with E-state index in [0.717, 1.165) is 31.4 Å². The Labute approximate surface area is 124 Å². The van der Waals surface area contributed by atoms with Gasteiger partial charge in [0.15, 0.2) is 0 Å². The maximum Gasteiger partial charge on any atom is 0.123 e. The van der Waals surface area contributed by atoms with Crippen molar-refractivity contribution in [2.24, 2.45) is 0 Å². The Morgan fingerprint density at radius 3 is 2.43 bits per heavy atom. The Hall–Kier alpha value is -1.74. The van der Waals surface area contributed by atoms with Crippen LogP contribution in [0.2, 0.25) is 0 Å². The third-order valence-electron chi connectivity index (χ3n) is 4.22. The summed E-state index contributed by atoms with van der Waals surface area (Å²) < 4.78 is 25.9. The van der Waals surface area contributed by atoms with Crippen LogP contribution < -0.4 is 5.32 Å². The van der Waals surface area contributed by atoms with Gasteiger partial charge in [0.1, 0.15) is 11.6 Å². The normalized spacial score (nSPS) is 21.0. The number of nitrogens with one attached hydrogen (secondary N) is 1. The van der Waals surface area contributed by atoms with Crippen molar-refractivity contribution >= 4 is 0 Å². The molecule has 0 radical (unpaired) electrons. The average molecular weight is 287 g/mol. The molecule has 110 valence electrons. The molecule has 1 fully saturated rings. The zero-order chi connectivity index (χ0) is 14.7. The lowest BCUT2D eigenvalue weighted by molar-refractivity contribution is 0.292. The molecule has 0 atom stereocenters. The van der Waals surface area contributed by atoms with Crippen LogP contribution in [0.15, 0.2) is 48.5 Å². The maximum absolute atomic E-state index is 13.1. The predicted octanol–water partition coefficient (Wildman–Crippen LogP) is 4.04. The maximum atomic E-state index is 13.1. The zero-order valence-corrected chi connectivity index (χ0v) is 11.9. The highest BCUT2D eigenvalue weighted by Gasteiger charge is 2.29. The van der Waals surface area contributed by atoms with E-state index in [1.165, 1.54) is 23.8 Å². The van der Waals surface area contributed by atoms with Gasteiger partial charge in [-0.25, -0.2) is 8.78 Å². The summed E-state index contributed by atoms with van der Waals surface area (Å²) in [6.45, 7) is 0.865. The molecule has 1 aliphatic rings. The van der Waals surface area contributed by atoms with Gasteiger partial charge in [0, 0.05) is 6.04 Å². The number of hydrogen-bond acceptors (Lipinski definition) is 1. The predicted molar refractivity (Wildman–Crippen MR) is 80.3 cm³/mol. The Bertz CT molecular complexity index is 588. The fourth-order valence-electron chi connectivity index (χ4n) is 2.90. The Kier molecular flexibility index (Phi) is 4.30. The number of hydrogen-bond donors (Lipinski definition) is 1. The Morgan fingerprint density at radius 1 is 0.952 bits per heavy atom. The van der Waals surface area contributed by atoms with Crippen molar-refractivity contribution in [3.8, 4) is 0 Å². The smallest absolute Gasteiger partial charge is 0.123 e. The highest BCUT2D eigenvalue weighted by Crippen LogP contribution is 2.36. The summed E-state index contributed by atoms with van der Waals surface area (Å²) in [5.74, 6) is 0.188. The highest BCUT2D eigenvalue weighted by atomic mass is 19.1. The minimum atomic E-state index is -0.178. The molecule has 0 bridgehead atoms. The van der Waals surface area contributed by atoms with E-state index in [-0.39, 0.29) is 11.6 Å². The SMILES string of the molecule is Fc1ccc(C2CC(NCCc3cccc(F)c3)C2)cc1. The second kappa shape index (κ2) is 6.35. The van der Waals surface area contributed by atoms with Gasteiger partial charge in [-0.1, -0.05) is 24.3 Å². The number of benzene rings is 2. The number of halogens is 2. The third-order valence-corrected chi connectivity index (χ3v) is 4.22. The van der Waals surface area contributed by atoms with Crippen LogP contribution in [-0.4, -0.2) is 12.6 Å². The second-order valence-electron chi connectivity index (χ2n) is 5.75. The Morgan fingerprint density at radius 2 is 1.71 bits per heavy atom. The molecule has 3 heteroatoms. The summed E-state index contributed by atoms with van der Waals surface area (Å²) in [6, 6.07) is 14.1. The molecule has 0 spiro atoms. The first-order valence-electron chi connectivity index (χ1n) is 7.44. The van der Waals surface area contributed by atoms with E-state index < -0.39 is 0 Å². The lowest BCUT2D eigenvalue weighted by Gasteiger charge is -2.36. The van der Waals surface area contributed by atoms with Gasteiger partial charge in [-0.2, -0.15) is 0 Å². The summed E-state index contributed by atoms with van der Waals surface area (Å²) in [7, 11) is 0. The number of rotatable bonds is 5. The van der Waals surface area contributed by atoms with Crippen molar-refractivity contribution in [2.45, 2.75) is 31.2 Å². The first-order chi connectivity index (χ1) is 10.2. The van der Waals surface area contributed by atoms with E-state index in [1.54, 1.807) is 12.1 Å². The molecule has 2 aromatic rings. The van der Waals surface area contributed by atoms with Crippen molar-refractivity contribution in [2.75, 3.05) is 6.54 Å². The summed E-state index contributed by atoms with van der Waals surface area (Å²) in [5.41, 5.74) is 2.25. The molecule has 21 heavy (non-hydrogen) atoms. The summed E-state index contributed by atoms with van der Waals surface area (Å²) in [4.78, 5) is 0. The molecule has 0 saturated heterocycles. The topological polar surface area (TPSA) is 12.0 Å². The van der Waals surface area contributed by atoms with E-state index >= 15 is 0 Å². The van der Waals surface area contributed by atoms with Gasteiger partial charge in [-0.15, -0.1) is 0 Å². The van der Waals surface area contributed by atoms with Crippen molar-refractivity contribution in [3.05, 3.63) is 71.3 Å². The average Bonchev–Trinajstić information content (AvgIpc) is 2.43. The molecule has 1 nitrogen and oxygen atoms in total. The van der Waals surface area contributed by atoms with Gasteiger partial charge in [0.25, 0.3) is 0 Å². The van der Waals surface area contributed by atoms with Crippen LogP contribution in [0, 0.1) is 11.6 Å². The Balaban J connectivity index is 1.40. The van der Waals surface area contributed by atoms with Crippen LogP contribution in [0.1, 0.15) is 29.9 Å². The second-order valence-corrected chi connectivity index (χ2v) is 5.75. The van der Waals surface area contributed by atoms with Crippen LogP contribution >= 0.6 is 0 Å². The molecular formula is C18H19F2N. The van der Waals surface area contributed by atoms with Crippen molar-refractivity contribution in [1.29, 1.82) is 0 Å². The molecule has 1 aliphatic carbocycles. The van der Waals surface area contributed by atoms with Crippen LogP contribution in [0.4, 0.5) is 8.78 Å². The lowest BCUT2D eigenvalue weighted by atomic mass is 9.76. The molecule has 2 aromatic carbocycles. The van der Waals surface area contributed by atoms with Gasteiger partial charge < -0.3 is 5.32 Å². The van der Waals surface area contributed by atoms with Crippen molar-refractivity contribution in [1.82, 2.24) is 5.32 Å². The lowest BCUT2D eigenvalue weighted by Crippen LogP contribution is -2.40. The van der Waals surface area contributed by atoms with E-state index in [4.69, 9.17) is 0 Å². The fraction of sp³-hybridized carbons (Fsp3) is 0.333. The van der Waals surface area contributed by atoms with Crippen LogP contribution in [0.3, 0.4) is 0 Å². The molecule has 0 unspecified atom stereocenters. The van der Waals surface area contributed by atoms with Crippen LogP contribution in [-0.2, 0) is 6.42 Å². The molecule has 0 aliphatic heterocycles. The van der Waals surface area contributed by atoms with E-state index in [2.05, 4.69) is 5.32 Å². The van der Waals surface area contributed by atoms with Gasteiger partial charge in [0.05, 0.1) is 0 Å². The summed E-state index contributed by atoms with van der Waals surface area (Å²) in [5, 5.41) is 3.50. The van der Waals surface area contributed by atoms with Gasteiger partial charge in [0.2, 0.25) is 0 Å². The fourth-order valence-corrected chi connectivity index (χ4v) is 2.90. The highest BCUT2D eigenvalue weighted by molar-refractivity contribution is 5.23. The molecule has 0 aromatic heterocycles. The third kappa shape index (κ3) is 3.67. The molecule has 3 rings (SSSR count). The molecule has 1 saturated carbocycles. The van der Waals surface area contributed by atoms with Gasteiger partial charge >= 0.3 is 0 Å². The summed E-state index contributed by atoms with van der Waals surface area (Å²) >= 11 is 0. The van der Waals surface area contributed by atoms with Gasteiger partial charge in [-0.05, 0) is 67.1 Å². The first kappa shape index (κ1) is 14.2. The van der Waals surface area contributed by atoms with E-state index in [1.807, 2.05) is 18.2 Å². The quantitative estimate of drug-likeness (QED) is 0.875. The van der Waals surface area contributed by atoms with Crippen molar-refractivity contribution in [3.63, 3.8) is 0 Å². The monoisotopic (exact) mass is 287 g/mol. The van der Waals surface area contributed by atoms with Crippen molar-refractivity contribution < 1.29 is 8.78 Å². The molecular weight excluding hydrogens is 268 g/mol. The molecule has 0 amide bonds. The van der Waals surface area contributed by atoms with E-state index in [0.29, 0.717) is 12.0 Å². The largest absolute Gasteiger partial charge is 0.314 e. The first-order valence-corrected chi connectivity index (χ1v) is 7.44. The minimum Gasteiger partial charge on any atom is -0.314 e. The zero-order valence-electron chi connectivity index (χ0n) is 11.9. The van der Waals surface area contributed by atoms with Crippen LogP contribution in [0.5, 0.6) is 0 Å². The van der Waals surface area contributed by atoms with E-state index in [9.17, 15) is 8.78 Å². The minimum absolute atomic E-state index is 0.174.